The van der Waals surface area contributed by atoms with Gasteiger partial charge < -0.3 is 44.6 Å². The van der Waals surface area contributed by atoms with Crippen LogP contribution in [0.25, 0.3) is 44.2 Å². The molecule has 1 saturated heterocycles. The number of hydrogen-bond acceptors (Lipinski definition) is 9. The summed E-state index contributed by atoms with van der Waals surface area (Å²) in [5.41, 5.74) is 5.28. The summed E-state index contributed by atoms with van der Waals surface area (Å²) in [5, 5.41) is 7.43. The number of aromatic amines is 2. The SMILES string of the molecule is CCCN(Cc1nc(-c2ccc3cc(-c4ccc5[nH]c(C6(C)CCCN6C(=O)[C@H](NC(=O)OC)c6ccccc6)nc5c4)ccc3c2)c[nH]1)C(=O)[C@@H](NC(=O)OC)[C@@H](C)OC. The van der Waals surface area contributed by atoms with E-state index in [1.165, 1.54) is 21.3 Å². The number of benzene rings is 4. The van der Waals surface area contributed by atoms with Crippen LogP contribution in [0.2, 0.25) is 0 Å². The van der Waals surface area contributed by atoms with Gasteiger partial charge in [-0.3, -0.25) is 9.59 Å². The maximum absolute atomic E-state index is 14.2. The number of nitrogens with one attached hydrogen (secondary N) is 4. The zero-order valence-electron chi connectivity index (χ0n) is 35.3. The molecule has 4 aromatic carbocycles. The smallest absolute Gasteiger partial charge is 0.407 e. The second-order valence-corrected chi connectivity index (χ2v) is 15.5. The molecule has 0 aliphatic carbocycles. The number of carbonyl (C=O) groups excluding carboxylic acids is 4. The molecule has 0 saturated carbocycles. The molecule has 4 amide bonds. The van der Waals surface area contributed by atoms with Gasteiger partial charge in [0.1, 0.15) is 23.7 Å². The second kappa shape index (κ2) is 18.3. The largest absolute Gasteiger partial charge is 0.453 e. The van der Waals surface area contributed by atoms with Gasteiger partial charge in [0.25, 0.3) is 5.91 Å². The van der Waals surface area contributed by atoms with Gasteiger partial charge in [0.15, 0.2) is 0 Å². The van der Waals surface area contributed by atoms with Crippen molar-refractivity contribution in [2.24, 2.45) is 0 Å². The minimum atomic E-state index is -0.927. The van der Waals surface area contributed by atoms with Crippen LogP contribution < -0.4 is 10.6 Å². The number of carbonyl (C=O) groups is 4. The lowest BCUT2D eigenvalue weighted by molar-refractivity contribution is -0.138. The molecule has 15 nitrogen and oxygen atoms in total. The Balaban J connectivity index is 1.08. The number of hydrogen-bond donors (Lipinski definition) is 4. The molecule has 0 radical (unpaired) electrons. The van der Waals surface area contributed by atoms with E-state index in [9.17, 15) is 19.2 Å². The number of amides is 4. The van der Waals surface area contributed by atoms with E-state index in [2.05, 4.69) is 63.1 Å². The molecule has 318 valence electrons. The van der Waals surface area contributed by atoms with Crippen molar-refractivity contribution in [1.82, 2.24) is 40.4 Å². The van der Waals surface area contributed by atoms with Gasteiger partial charge in [0, 0.05) is 32.0 Å². The lowest BCUT2D eigenvalue weighted by Crippen LogP contribution is -2.54. The summed E-state index contributed by atoms with van der Waals surface area (Å²) in [5.74, 6) is 0.776. The fourth-order valence-electron chi connectivity index (χ4n) is 8.06. The number of methoxy groups -OCH3 is 3. The summed E-state index contributed by atoms with van der Waals surface area (Å²) < 4.78 is 15.0. The Morgan fingerprint density at radius 1 is 0.869 bits per heavy atom. The summed E-state index contributed by atoms with van der Waals surface area (Å²) in [7, 11) is 4.02. The van der Waals surface area contributed by atoms with Crippen molar-refractivity contribution in [2.75, 3.05) is 34.4 Å². The Hall–Kier alpha value is -6.74. The van der Waals surface area contributed by atoms with Gasteiger partial charge in [-0.05, 0) is 84.8 Å². The molecule has 7 rings (SSSR count). The Bertz CT molecular complexity index is 2540. The molecule has 0 bridgehead atoms. The molecule has 6 aromatic rings. The Morgan fingerprint density at radius 2 is 1.54 bits per heavy atom. The van der Waals surface area contributed by atoms with Crippen molar-refractivity contribution < 1.29 is 33.4 Å². The van der Waals surface area contributed by atoms with Crippen LogP contribution in [0, 0.1) is 0 Å². The van der Waals surface area contributed by atoms with Gasteiger partial charge in [-0.25, -0.2) is 19.6 Å². The molecule has 1 unspecified atom stereocenters. The quantitative estimate of drug-likeness (QED) is 0.0882. The monoisotopic (exact) mass is 828 g/mol. The van der Waals surface area contributed by atoms with E-state index >= 15 is 0 Å². The van der Waals surface area contributed by atoms with E-state index in [0.717, 1.165) is 50.6 Å². The molecule has 4 atom stereocenters. The van der Waals surface area contributed by atoms with E-state index in [4.69, 9.17) is 24.2 Å². The third kappa shape index (κ3) is 8.92. The minimum Gasteiger partial charge on any atom is -0.453 e. The summed E-state index contributed by atoms with van der Waals surface area (Å²) in [4.78, 5) is 72.3. The molecule has 15 heteroatoms. The predicted molar refractivity (Wildman–Crippen MR) is 231 cm³/mol. The molecule has 4 N–H and O–H groups in total. The zero-order chi connectivity index (χ0) is 43.3. The summed E-state index contributed by atoms with van der Waals surface area (Å²) in [6.07, 6.45) is 2.07. The van der Waals surface area contributed by atoms with Crippen LogP contribution in [0.5, 0.6) is 0 Å². The van der Waals surface area contributed by atoms with Crippen molar-refractivity contribution in [2.45, 2.75) is 70.3 Å². The van der Waals surface area contributed by atoms with Crippen LogP contribution in [0.15, 0.2) is 91.1 Å². The first-order valence-corrected chi connectivity index (χ1v) is 20.4. The maximum Gasteiger partial charge on any atom is 0.407 e. The summed E-state index contributed by atoms with van der Waals surface area (Å²) >= 11 is 0. The molecular weight excluding hydrogens is 777 g/mol. The molecule has 1 aliphatic heterocycles. The number of aromatic nitrogens is 4. The van der Waals surface area contributed by atoms with Crippen molar-refractivity contribution in [1.29, 1.82) is 0 Å². The van der Waals surface area contributed by atoms with E-state index in [0.29, 0.717) is 43.1 Å². The molecular formula is C46H52N8O7. The summed E-state index contributed by atoms with van der Waals surface area (Å²) in [6, 6.07) is 26.0. The molecule has 1 aliphatic rings. The predicted octanol–water partition coefficient (Wildman–Crippen LogP) is 7.21. The van der Waals surface area contributed by atoms with E-state index < -0.39 is 35.9 Å². The van der Waals surface area contributed by atoms with Gasteiger partial charge in [0.2, 0.25) is 5.91 Å². The number of ether oxygens (including phenoxy) is 3. The number of rotatable bonds is 14. The van der Waals surface area contributed by atoms with Crippen molar-refractivity contribution in [3.63, 3.8) is 0 Å². The fourth-order valence-corrected chi connectivity index (χ4v) is 8.06. The number of fused-ring (bicyclic) bond motifs is 2. The van der Waals surface area contributed by atoms with Crippen molar-refractivity contribution in [3.05, 3.63) is 108 Å². The lowest BCUT2D eigenvalue weighted by Gasteiger charge is -2.36. The number of alkyl carbamates (subject to hydrolysis) is 2. The number of H-pyrrole nitrogens is 2. The Kier molecular flexibility index (Phi) is 12.7. The molecule has 2 aromatic heterocycles. The second-order valence-electron chi connectivity index (χ2n) is 15.5. The standard InChI is InChI=1S/C46H52N8O7/c1-7-21-53(41(55)39(28(2)59-4)51-44(57)60-5)27-38-47-26-37(48-38)34-17-16-30-23-31(14-15-32(30)24-34)33-18-19-35-36(25-33)50-43(49-35)46(3)20-11-22-54(46)42(56)40(52-45(58)61-6)29-12-9-8-10-13-29/h8-10,12-19,23-26,28,39-40H,7,11,20-22,27H2,1-6H3,(H,47,48)(H,49,50)(H,51,57)(H,52,58)/t28-,39+,40-,46?/m1/s1. The number of nitrogens with zero attached hydrogens (tertiary/aromatic N) is 4. The van der Waals surface area contributed by atoms with E-state index in [1.54, 1.807) is 11.8 Å². The van der Waals surface area contributed by atoms with Crippen LogP contribution in [-0.4, -0.2) is 100 Å². The van der Waals surface area contributed by atoms with Crippen LogP contribution in [0.4, 0.5) is 9.59 Å². The highest BCUT2D eigenvalue weighted by molar-refractivity contribution is 5.92. The highest BCUT2D eigenvalue weighted by Crippen LogP contribution is 2.40. The van der Waals surface area contributed by atoms with Gasteiger partial charge in [0.05, 0.1) is 49.1 Å². The van der Waals surface area contributed by atoms with Crippen molar-refractivity contribution >= 4 is 45.8 Å². The Morgan fingerprint density at radius 3 is 2.25 bits per heavy atom. The zero-order valence-corrected chi connectivity index (χ0v) is 35.3. The normalized spacial score (nSPS) is 16.5. The molecule has 61 heavy (non-hydrogen) atoms. The molecule has 1 fully saturated rings. The number of imidazole rings is 2. The van der Waals surface area contributed by atoms with E-state index in [-0.39, 0.29) is 18.4 Å². The molecule has 3 heterocycles. The Labute approximate surface area is 354 Å². The first kappa shape index (κ1) is 42.4. The van der Waals surface area contributed by atoms with E-state index in [1.807, 2.05) is 67.4 Å². The average Bonchev–Trinajstić information content (AvgIpc) is 4.05. The highest BCUT2D eigenvalue weighted by atomic mass is 16.5. The van der Waals surface area contributed by atoms with Crippen molar-refractivity contribution in [3.8, 4) is 22.4 Å². The lowest BCUT2D eigenvalue weighted by atomic mass is 9.96. The third-order valence-corrected chi connectivity index (χ3v) is 11.5. The average molecular weight is 829 g/mol. The first-order chi connectivity index (χ1) is 29.5. The van der Waals surface area contributed by atoms with Crippen LogP contribution >= 0.6 is 0 Å². The van der Waals surface area contributed by atoms with Crippen LogP contribution in [0.3, 0.4) is 0 Å². The van der Waals surface area contributed by atoms with Gasteiger partial charge in [-0.15, -0.1) is 0 Å². The van der Waals surface area contributed by atoms with Crippen LogP contribution in [0.1, 0.15) is 63.3 Å². The minimum absolute atomic E-state index is 0.222. The summed E-state index contributed by atoms with van der Waals surface area (Å²) in [6.45, 7) is 6.93. The highest BCUT2D eigenvalue weighted by Gasteiger charge is 2.46. The topological polar surface area (TPSA) is 184 Å². The first-order valence-electron chi connectivity index (χ1n) is 20.4. The van der Waals surface area contributed by atoms with Gasteiger partial charge in [-0.2, -0.15) is 0 Å². The van der Waals surface area contributed by atoms with Crippen LogP contribution in [-0.2, 0) is 35.9 Å². The number of likely N-dealkylation sites (tertiary alicyclic amines) is 1. The maximum atomic E-state index is 14.2. The fraction of sp³-hybridized carbons (Fsp3) is 0.348. The van der Waals surface area contributed by atoms with Gasteiger partial charge in [-0.1, -0.05) is 67.6 Å². The van der Waals surface area contributed by atoms with Gasteiger partial charge >= 0.3 is 12.2 Å². The third-order valence-electron chi connectivity index (χ3n) is 11.5. The molecule has 0 spiro atoms.